The quantitative estimate of drug-likeness (QED) is 0.508. The predicted molar refractivity (Wildman–Crippen MR) is 128 cm³/mol. The minimum absolute atomic E-state index is 0.213. The molecule has 166 valence electrons. The molecular weight excluding hydrogens is 448 g/mol. The number of sulfonamides is 1. The summed E-state index contributed by atoms with van der Waals surface area (Å²) < 4.78 is 26.0. The fourth-order valence-corrected chi connectivity index (χ4v) is 4.64. The number of anilines is 2. The van der Waals surface area contributed by atoms with E-state index in [1.807, 2.05) is 6.92 Å². The fourth-order valence-electron chi connectivity index (χ4n) is 3.30. The molecule has 0 aromatic heterocycles. The van der Waals surface area contributed by atoms with Gasteiger partial charge >= 0.3 is 0 Å². The van der Waals surface area contributed by atoms with E-state index in [4.69, 9.17) is 11.6 Å². The van der Waals surface area contributed by atoms with Gasteiger partial charge in [-0.1, -0.05) is 59.6 Å². The summed E-state index contributed by atoms with van der Waals surface area (Å²) in [4.78, 5) is 26.1. The molecule has 3 rings (SSSR count). The fraction of sp³-hybridized carbons (Fsp3) is 0.167. The maximum atomic E-state index is 13.1. The van der Waals surface area contributed by atoms with E-state index in [-0.39, 0.29) is 17.0 Å². The second-order valence-electron chi connectivity index (χ2n) is 7.44. The van der Waals surface area contributed by atoms with Crippen LogP contribution in [0.5, 0.6) is 0 Å². The number of halogens is 1. The van der Waals surface area contributed by atoms with Gasteiger partial charge in [0.05, 0.1) is 17.6 Å². The molecule has 8 heteroatoms. The lowest BCUT2D eigenvalue weighted by Gasteiger charge is -2.28. The molecule has 3 aromatic carbocycles. The topological polar surface area (TPSA) is 83.6 Å². The average Bonchev–Trinajstić information content (AvgIpc) is 2.75. The van der Waals surface area contributed by atoms with Gasteiger partial charge in [0.2, 0.25) is 15.9 Å². The lowest BCUT2D eigenvalue weighted by atomic mass is 10.0. The van der Waals surface area contributed by atoms with E-state index in [2.05, 4.69) is 5.32 Å². The summed E-state index contributed by atoms with van der Waals surface area (Å²) in [6.45, 7) is 3.38. The van der Waals surface area contributed by atoms with Crippen LogP contribution in [-0.2, 0) is 14.8 Å². The third-order valence-corrected chi connectivity index (χ3v) is 6.37. The van der Waals surface area contributed by atoms with Crippen LogP contribution in [-0.4, -0.2) is 32.4 Å². The first-order valence-corrected chi connectivity index (χ1v) is 12.1. The number of hydrogen-bond acceptors (Lipinski definition) is 4. The van der Waals surface area contributed by atoms with Crippen LogP contribution in [0.1, 0.15) is 28.4 Å². The number of carbonyl (C=O) groups excluding carboxylic acids is 2. The molecule has 6 nitrogen and oxygen atoms in total. The van der Waals surface area contributed by atoms with Gasteiger partial charge in [0.1, 0.15) is 6.04 Å². The van der Waals surface area contributed by atoms with E-state index in [1.165, 1.54) is 19.1 Å². The Balaban J connectivity index is 1.93. The monoisotopic (exact) mass is 470 g/mol. The summed E-state index contributed by atoms with van der Waals surface area (Å²) in [6, 6.07) is 18.9. The molecule has 1 atom stereocenters. The first kappa shape index (κ1) is 23.5. The Hall–Kier alpha value is -3.16. The van der Waals surface area contributed by atoms with Gasteiger partial charge < -0.3 is 5.32 Å². The molecule has 0 saturated heterocycles. The highest BCUT2D eigenvalue weighted by Crippen LogP contribution is 2.26. The Labute approximate surface area is 192 Å². The van der Waals surface area contributed by atoms with E-state index in [1.54, 1.807) is 60.7 Å². The van der Waals surface area contributed by atoms with Crippen LogP contribution < -0.4 is 9.62 Å². The van der Waals surface area contributed by atoms with E-state index >= 15 is 0 Å². The molecule has 0 unspecified atom stereocenters. The van der Waals surface area contributed by atoms with Crippen LogP contribution in [0.2, 0.25) is 5.02 Å². The molecule has 0 radical (unpaired) electrons. The molecule has 0 saturated carbocycles. The van der Waals surface area contributed by atoms with Crippen LogP contribution in [0.3, 0.4) is 0 Å². The van der Waals surface area contributed by atoms with Crippen molar-refractivity contribution < 1.29 is 18.0 Å². The highest BCUT2D eigenvalue weighted by Gasteiger charge is 2.30. The minimum atomic E-state index is -3.76. The number of nitrogens with zero attached hydrogens (tertiary/aromatic N) is 1. The van der Waals surface area contributed by atoms with Crippen molar-refractivity contribution in [2.45, 2.75) is 19.9 Å². The lowest BCUT2D eigenvalue weighted by Crippen LogP contribution is -2.45. The molecule has 0 aliphatic carbocycles. The van der Waals surface area contributed by atoms with Gasteiger partial charge in [-0.25, -0.2) is 8.42 Å². The van der Waals surface area contributed by atoms with Crippen molar-refractivity contribution in [3.05, 3.63) is 94.5 Å². The number of amides is 1. The summed E-state index contributed by atoms with van der Waals surface area (Å²) in [5.41, 5.74) is 2.24. The van der Waals surface area contributed by atoms with E-state index in [0.717, 1.165) is 16.1 Å². The third kappa shape index (κ3) is 5.36. The van der Waals surface area contributed by atoms with Gasteiger partial charge in [-0.05, 0) is 44.2 Å². The Morgan fingerprint density at radius 2 is 1.59 bits per heavy atom. The van der Waals surface area contributed by atoms with Crippen molar-refractivity contribution in [2.75, 3.05) is 15.9 Å². The van der Waals surface area contributed by atoms with Gasteiger partial charge in [0.25, 0.3) is 0 Å². The number of aryl methyl sites for hydroxylation is 1. The molecule has 0 fully saturated rings. The largest absolute Gasteiger partial charge is 0.324 e. The summed E-state index contributed by atoms with van der Waals surface area (Å²) in [6.07, 6.45) is 1.04. The molecule has 3 aromatic rings. The first-order valence-electron chi connectivity index (χ1n) is 9.84. The normalized spacial score (nSPS) is 12.1. The van der Waals surface area contributed by atoms with Crippen LogP contribution in [0.25, 0.3) is 0 Å². The van der Waals surface area contributed by atoms with E-state index in [9.17, 15) is 18.0 Å². The van der Waals surface area contributed by atoms with Crippen molar-refractivity contribution >= 4 is 44.7 Å². The summed E-state index contributed by atoms with van der Waals surface area (Å²) in [7, 11) is -3.76. The van der Waals surface area contributed by atoms with E-state index < -0.39 is 22.0 Å². The zero-order valence-corrected chi connectivity index (χ0v) is 19.4. The molecule has 0 aliphatic heterocycles. The van der Waals surface area contributed by atoms with Crippen molar-refractivity contribution in [2.24, 2.45) is 0 Å². The SMILES string of the molecule is Cc1ccc(N([C@H](C)C(=O)Nc2ccc(Cl)cc2C(=O)c2ccccc2)S(C)(=O)=O)cc1. The van der Waals surface area contributed by atoms with Gasteiger partial charge in [0.15, 0.2) is 5.78 Å². The molecule has 0 spiro atoms. The Kier molecular flexibility index (Phi) is 7.01. The van der Waals surface area contributed by atoms with Crippen molar-refractivity contribution in [1.29, 1.82) is 0 Å². The Morgan fingerprint density at radius 1 is 0.969 bits per heavy atom. The molecule has 0 aliphatic rings. The van der Waals surface area contributed by atoms with Gasteiger partial charge in [-0.2, -0.15) is 0 Å². The molecule has 0 heterocycles. The average molecular weight is 471 g/mol. The van der Waals surface area contributed by atoms with Crippen LogP contribution in [0.15, 0.2) is 72.8 Å². The second-order valence-corrected chi connectivity index (χ2v) is 9.74. The number of rotatable bonds is 7. The zero-order chi connectivity index (χ0) is 23.5. The zero-order valence-electron chi connectivity index (χ0n) is 17.9. The molecule has 1 N–H and O–H groups in total. The number of carbonyl (C=O) groups is 2. The predicted octanol–water partition coefficient (Wildman–Crippen LogP) is 4.67. The number of hydrogen-bond donors (Lipinski definition) is 1. The highest BCUT2D eigenvalue weighted by molar-refractivity contribution is 7.92. The number of nitrogens with one attached hydrogen (secondary N) is 1. The second kappa shape index (κ2) is 9.54. The highest BCUT2D eigenvalue weighted by atomic mass is 35.5. The third-order valence-electron chi connectivity index (χ3n) is 4.90. The van der Waals surface area contributed by atoms with Gasteiger partial charge in [0, 0.05) is 16.1 Å². The smallest absolute Gasteiger partial charge is 0.248 e. The Bertz CT molecular complexity index is 1240. The van der Waals surface area contributed by atoms with Crippen molar-refractivity contribution in [3.8, 4) is 0 Å². The summed E-state index contributed by atoms with van der Waals surface area (Å²) in [5.74, 6) is -0.894. The summed E-state index contributed by atoms with van der Waals surface area (Å²) >= 11 is 6.10. The molecule has 32 heavy (non-hydrogen) atoms. The lowest BCUT2D eigenvalue weighted by molar-refractivity contribution is -0.116. The Morgan fingerprint density at radius 3 is 2.19 bits per heavy atom. The minimum Gasteiger partial charge on any atom is -0.324 e. The van der Waals surface area contributed by atoms with Crippen molar-refractivity contribution in [3.63, 3.8) is 0 Å². The van der Waals surface area contributed by atoms with E-state index in [0.29, 0.717) is 16.3 Å². The molecule has 0 bridgehead atoms. The standard InChI is InChI=1S/C24H23ClN2O4S/c1-16-9-12-20(13-10-16)27(32(3,30)31)17(2)24(29)26-22-14-11-19(25)15-21(22)23(28)18-7-5-4-6-8-18/h4-15,17H,1-3H3,(H,26,29)/t17-/m1/s1. The van der Waals surface area contributed by atoms with Gasteiger partial charge in [-0.15, -0.1) is 0 Å². The number of benzene rings is 3. The van der Waals surface area contributed by atoms with Crippen LogP contribution in [0.4, 0.5) is 11.4 Å². The van der Waals surface area contributed by atoms with Crippen molar-refractivity contribution in [1.82, 2.24) is 0 Å². The first-order chi connectivity index (χ1) is 15.1. The van der Waals surface area contributed by atoms with Crippen LogP contribution in [0, 0.1) is 6.92 Å². The number of ketones is 1. The maximum Gasteiger partial charge on any atom is 0.248 e. The molecular formula is C24H23ClN2O4S. The molecule has 1 amide bonds. The summed E-state index contributed by atoms with van der Waals surface area (Å²) in [5, 5.41) is 3.04. The van der Waals surface area contributed by atoms with Gasteiger partial charge in [-0.3, -0.25) is 13.9 Å². The maximum absolute atomic E-state index is 13.1. The van der Waals surface area contributed by atoms with Crippen LogP contribution >= 0.6 is 11.6 Å².